The van der Waals surface area contributed by atoms with Gasteiger partial charge < -0.3 is 13.9 Å². The van der Waals surface area contributed by atoms with Crippen molar-refractivity contribution in [2.75, 3.05) is 17.6 Å². The molecule has 1 N–H and O–H groups in total. The summed E-state index contributed by atoms with van der Waals surface area (Å²) in [6.07, 6.45) is 3.93. The van der Waals surface area contributed by atoms with Crippen molar-refractivity contribution in [2.24, 2.45) is 0 Å². The average molecular weight is 506 g/mol. The number of carbonyl (C=O) groups excluding carboxylic acids is 1. The molecule has 1 heterocycles. The molecule has 0 atom stereocenters. The van der Waals surface area contributed by atoms with Crippen molar-refractivity contribution in [3.63, 3.8) is 0 Å². The predicted octanol–water partition coefficient (Wildman–Crippen LogP) is 4.75. The quantitative estimate of drug-likeness (QED) is 0.258. The number of hydrogen-bond acceptors (Lipinski definition) is 7. The minimum Gasteiger partial charge on any atom is -0.489 e. The van der Waals surface area contributed by atoms with E-state index in [1.165, 1.54) is 12.3 Å². The van der Waals surface area contributed by atoms with E-state index < -0.39 is 16.0 Å². The lowest BCUT2D eigenvalue weighted by Gasteiger charge is -2.09. The number of hydrogen-bond donors (Lipinski definition) is 1. The third-order valence-corrected chi connectivity index (χ3v) is 5.75. The molecule has 4 rings (SSSR count). The number of nitrogens with one attached hydrogen (secondary N) is 1. The molecule has 0 saturated heterocycles. The van der Waals surface area contributed by atoms with Crippen molar-refractivity contribution in [3.8, 4) is 16.9 Å². The highest BCUT2D eigenvalue weighted by atomic mass is 32.2. The Hall–Kier alpha value is -4.37. The summed E-state index contributed by atoms with van der Waals surface area (Å²) >= 11 is 0. The summed E-state index contributed by atoms with van der Waals surface area (Å²) in [4.78, 5) is 25.1. The van der Waals surface area contributed by atoms with Crippen molar-refractivity contribution < 1.29 is 27.1 Å². The molecule has 8 nitrogen and oxygen atoms in total. The van der Waals surface area contributed by atoms with Crippen molar-refractivity contribution in [3.05, 3.63) is 107 Å². The minimum atomic E-state index is -3.39. The zero-order chi connectivity index (χ0) is 25.7. The van der Waals surface area contributed by atoms with Gasteiger partial charge >= 0.3 is 5.97 Å². The maximum absolute atomic E-state index is 13.0. The SMILES string of the molecule is C=CCOC(=O)c1cccc(COc2ccc3c(=O)c(-c4ccc(NS(C)(=O)=O)cc4)coc3c2)c1. The van der Waals surface area contributed by atoms with E-state index in [-0.39, 0.29) is 18.6 Å². The van der Waals surface area contributed by atoms with Crippen LogP contribution in [0.1, 0.15) is 15.9 Å². The number of sulfonamides is 1. The molecule has 0 aliphatic rings. The van der Waals surface area contributed by atoms with E-state index in [1.54, 1.807) is 60.7 Å². The van der Waals surface area contributed by atoms with Crippen LogP contribution in [0.4, 0.5) is 5.69 Å². The van der Waals surface area contributed by atoms with Crippen LogP contribution in [0.3, 0.4) is 0 Å². The molecular weight excluding hydrogens is 482 g/mol. The average Bonchev–Trinajstić information content (AvgIpc) is 2.86. The van der Waals surface area contributed by atoms with Crippen LogP contribution in [0.15, 0.2) is 94.9 Å². The molecule has 3 aromatic carbocycles. The first kappa shape index (κ1) is 24.7. The predicted molar refractivity (Wildman–Crippen MR) is 138 cm³/mol. The number of fused-ring (bicyclic) bond motifs is 1. The summed E-state index contributed by atoms with van der Waals surface area (Å²) in [5, 5.41) is 0.380. The Morgan fingerprint density at radius 1 is 1.08 bits per heavy atom. The molecule has 0 aliphatic carbocycles. The molecule has 9 heteroatoms. The summed E-state index contributed by atoms with van der Waals surface area (Å²) in [6, 6.07) is 18.3. The molecule has 0 fully saturated rings. The monoisotopic (exact) mass is 505 g/mol. The van der Waals surface area contributed by atoms with E-state index in [4.69, 9.17) is 13.9 Å². The normalized spacial score (nSPS) is 11.1. The number of esters is 1. The summed E-state index contributed by atoms with van der Waals surface area (Å²) in [7, 11) is -3.39. The lowest BCUT2D eigenvalue weighted by atomic mass is 10.1. The Bertz CT molecular complexity index is 1590. The maximum Gasteiger partial charge on any atom is 0.338 e. The fraction of sp³-hybridized carbons (Fsp3) is 0.111. The third kappa shape index (κ3) is 6.00. The highest BCUT2D eigenvalue weighted by Gasteiger charge is 2.12. The number of rotatable bonds is 9. The Labute approximate surface area is 207 Å². The molecule has 0 unspecified atom stereocenters. The largest absolute Gasteiger partial charge is 0.489 e. The maximum atomic E-state index is 13.0. The van der Waals surface area contributed by atoms with E-state index in [9.17, 15) is 18.0 Å². The van der Waals surface area contributed by atoms with E-state index in [0.717, 1.165) is 11.8 Å². The van der Waals surface area contributed by atoms with Crippen LogP contribution in [-0.4, -0.2) is 27.2 Å². The first-order chi connectivity index (χ1) is 17.2. The first-order valence-corrected chi connectivity index (χ1v) is 12.8. The second kappa shape index (κ2) is 10.5. The lowest BCUT2D eigenvalue weighted by Crippen LogP contribution is -2.09. The van der Waals surface area contributed by atoms with Crippen molar-refractivity contribution in [1.29, 1.82) is 0 Å². The Morgan fingerprint density at radius 3 is 2.58 bits per heavy atom. The van der Waals surface area contributed by atoms with Crippen molar-refractivity contribution in [1.82, 2.24) is 0 Å². The van der Waals surface area contributed by atoms with Crippen LogP contribution < -0.4 is 14.9 Å². The van der Waals surface area contributed by atoms with Gasteiger partial charge in [0.25, 0.3) is 0 Å². The van der Waals surface area contributed by atoms with Crippen LogP contribution in [0.2, 0.25) is 0 Å². The third-order valence-electron chi connectivity index (χ3n) is 5.15. The number of benzene rings is 3. The molecule has 1 aromatic heterocycles. The zero-order valence-electron chi connectivity index (χ0n) is 19.4. The van der Waals surface area contributed by atoms with Gasteiger partial charge in [0.05, 0.1) is 22.8 Å². The Morgan fingerprint density at radius 2 is 1.86 bits per heavy atom. The summed E-state index contributed by atoms with van der Waals surface area (Å²) in [5.74, 6) is 0.0515. The van der Waals surface area contributed by atoms with Gasteiger partial charge in [0.1, 0.15) is 30.8 Å². The molecule has 36 heavy (non-hydrogen) atoms. The molecule has 0 saturated carbocycles. The zero-order valence-corrected chi connectivity index (χ0v) is 20.2. The summed E-state index contributed by atoms with van der Waals surface area (Å²) in [6.45, 7) is 3.86. The molecule has 0 radical (unpaired) electrons. The molecule has 0 amide bonds. The molecule has 4 aromatic rings. The van der Waals surface area contributed by atoms with Crippen LogP contribution in [0.5, 0.6) is 5.75 Å². The highest BCUT2D eigenvalue weighted by Crippen LogP contribution is 2.25. The van der Waals surface area contributed by atoms with Crippen LogP contribution in [-0.2, 0) is 21.4 Å². The van der Waals surface area contributed by atoms with E-state index in [2.05, 4.69) is 11.3 Å². The smallest absolute Gasteiger partial charge is 0.338 e. The van der Waals surface area contributed by atoms with Gasteiger partial charge in [0, 0.05) is 11.8 Å². The molecule has 0 aliphatic heterocycles. The van der Waals surface area contributed by atoms with Gasteiger partial charge in [0.2, 0.25) is 10.0 Å². The summed E-state index contributed by atoms with van der Waals surface area (Å²) in [5.41, 5.74) is 2.66. The topological polar surface area (TPSA) is 112 Å². The van der Waals surface area contributed by atoms with Gasteiger partial charge in [-0.15, -0.1) is 0 Å². The van der Waals surface area contributed by atoms with Gasteiger partial charge in [0.15, 0.2) is 5.43 Å². The number of carbonyl (C=O) groups is 1. The molecular formula is C27H23NO7S. The molecule has 0 bridgehead atoms. The van der Waals surface area contributed by atoms with Gasteiger partial charge in [-0.3, -0.25) is 9.52 Å². The minimum absolute atomic E-state index is 0.134. The van der Waals surface area contributed by atoms with Gasteiger partial charge in [-0.2, -0.15) is 0 Å². The van der Waals surface area contributed by atoms with Crippen LogP contribution >= 0.6 is 0 Å². The Kier molecular flexibility index (Phi) is 7.21. The number of ether oxygens (including phenoxy) is 2. The summed E-state index contributed by atoms with van der Waals surface area (Å²) < 4.78 is 41.7. The van der Waals surface area contributed by atoms with Crippen molar-refractivity contribution in [2.45, 2.75) is 6.61 Å². The van der Waals surface area contributed by atoms with E-state index >= 15 is 0 Å². The second-order valence-electron chi connectivity index (χ2n) is 7.96. The fourth-order valence-corrected chi connectivity index (χ4v) is 4.07. The van der Waals surface area contributed by atoms with Gasteiger partial charge in [-0.05, 0) is 47.5 Å². The van der Waals surface area contributed by atoms with E-state index in [0.29, 0.717) is 39.1 Å². The standard InChI is InChI=1S/C27H23NO7S/c1-3-13-33-27(30)20-6-4-5-18(14-20)16-34-22-11-12-23-25(15-22)35-17-24(26(23)29)19-7-9-21(10-8-19)28-36(2,31)32/h3-12,14-15,17,28H,1,13,16H2,2H3. The Balaban J connectivity index is 1.50. The van der Waals surface area contributed by atoms with Gasteiger partial charge in [-0.1, -0.05) is 36.9 Å². The lowest BCUT2D eigenvalue weighted by molar-refractivity contribution is 0.0549. The second-order valence-corrected chi connectivity index (χ2v) is 9.71. The fourth-order valence-electron chi connectivity index (χ4n) is 3.50. The van der Waals surface area contributed by atoms with E-state index in [1.807, 2.05) is 6.07 Å². The molecule has 0 spiro atoms. The van der Waals surface area contributed by atoms with Crippen LogP contribution in [0, 0.1) is 0 Å². The van der Waals surface area contributed by atoms with Gasteiger partial charge in [-0.25, -0.2) is 13.2 Å². The first-order valence-electron chi connectivity index (χ1n) is 10.9. The number of anilines is 1. The van der Waals surface area contributed by atoms with Crippen molar-refractivity contribution >= 4 is 32.6 Å². The van der Waals surface area contributed by atoms with Crippen LogP contribution in [0.25, 0.3) is 22.1 Å². The molecule has 184 valence electrons. The highest BCUT2D eigenvalue weighted by molar-refractivity contribution is 7.92.